The zero-order chi connectivity index (χ0) is 16.3. The van der Waals surface area contributed by atoms with Crippen molar-refractivity contribution in [2.45, 2.75) is 11.3 Å². The van der Waals surface area contributed by atoms with E-state index in [1.165, 1.54) is 0 Å². The van der Waals surface area contributed by atoms with Gasteiger partial charge in [0.05, 0.1) is 17.0 Å². The zero-order valence-electron chi connectivity index (χ0n) is 10.8. The molecule has 118 valence electrons. The maximum Gasteiger partial charge on any atom is 0.335 e. The number of carbonyl (C=O) groups is 1. The Morgan fingerprint density at radius 2 is 1.86 bits per heavy atom. The lowest BCUT2D eigenvalue weighted by atomic mass is 10.2. The molecule has 21 heavy (non-hydrogen) atoms. The van der Waals surface area contributed by atoms with E-state index in [1.54, 1.807) is 0 Å². The largest absolute Gasteiger partial charge is 0.478 e. The van der Waals surface area contributed by atoms with Gasteiger partial charge in [0.2, 0.25) is 20.0 Å². The Hall–Kier alpha value is -1.69. The molecule has 0 unspecified atom stereocenters. The molecule has 0 saturated carbocycles. The van der Waals surface area contributed by atoms with Crippen LogP contribution in [0.3, 0.4) is 0 Å². The van der Waals surface area contributed by atoms with E-state index in [0.29, 0.717) is 0 Å². The van der Waals surface area contributed by atoms with E-state index in [2.05, 4.69) is 4.72 Å². The molecule has 0 aliphatic carbocycles. The molecule has 0 aliphatic heterocycles. The number of nitrogens with two attached hydrogens (primary N) is 2. The van der Waals surface area contributed by atoms with Crippen LogP contribution in [0, 0.1) is 0 Å². The Bertz CT molecular complexity index is 742. The van der Waals surface area contributed by atoms with Crippen molar-refractivity contribution in [3.05, 3.63) is 23.8 Å². The highest BCUT2D eigenvalue weighted by atomic mass is 32.2. The molecule has 0 amide bonds. The van der Waals surface area contributed by atoms with Crippen LogP contribution in [0.1, 0.15) is 16.8 Å². The van der Waals surface area contributed by atoms with Gasteiger partial charge in [-0.1, -0.05) is 0 Å². The lowest BCUT2D eigenvalue weighted by molar-refractivity contribution is 0.0697. The van der Waals surface area contributed by atoms with Crippen LogP contribution < -0.4 is 15.6 Å². The van der Waals surface area contributed by atoms with Gasteiger partial charge < -0.3 is 10.8 Å². The van der Waals surface area contributed by atoms with Crippen molar-refractivity contribution in [2.75, 3.05) is 18.0 Å². The lowest BCUT2D eigenvalue weighted by Gasteiger charge is -2.09. The van der Waals surface area contributed by atoms with Gasteiger partial charge >= 0.3 is 5.97 Å². The predicted molar refractivity (Wildman–Crippen MR) is 75.6 cm³/mol. The van der Waals surface area contributed by atoms with E-state index in [0.717, 1.165) is 18.2 Å². The van der Waals surface area contributed by atoms with Gasteiger partial charge in [0.15, 0.2) is 0 Å². The summed E-state index contributed by atoms with van der Waals surface area (Å²) in [6.45, 7) is -0.140. The molecule has 0 aromatic heterocycles. The second-order valence-electron chi connectivity index (χ2n) is 4.18. The first-order valence-electron chi connectivity index (χ1n) is 5.66. The molecule has 1 aromatic rings. The predicted octanol–water partition coefficient (Wildman–Crippen LogP) is -1.08. The van der Waals surface area contributed by atoms with Gasteiger partial charge in [-0.05, 0) is 24.6 Å². The third-order valence-electron chi connectivity index (χ3n) is 2.44. The maximum atomic E-state index is 11.9. The fourth-order valence-electron chi connectivity index (χ4n) is 1.48. The van der Waals surface area contributed by atoms with Crippen LogP contribution >= 0.6 is 0 Å². The number of carboxylic acid groups (broad SMARTS) is 1. The molecule has 0 aliphatic rings. The number of nitrogens with one attached hydrogen (secondary N) is 1. The minimum Gasteiger partial charge on any atom is -0.478 e. The van der Waals surface area contributed by atoms with Gasteiger partial charge in [0, 0.05) is 6.54 Å². The minimum atomic E-state index is -3.95. The smallest absolute Gasteiger partial charge is 0.335 e. The summed E-state index contributed by atoms with van der Waals surface area (Å²) in [5.41, 5.74) is 5.17. The molecular weight excluding hydrogens is 322 g/mol. The number of sulfonamides is 2. The van der Waals surface area contributed by atoms with Crippen LogP contribution in [0.15, 0.2) is 23.1 Å². The first-order valence-corrected chi connectivity index (χ1v) is 8.86. The van der Waals surface area contributed by atoms with Crippen molar-refractivity contribution in [1.82, 2.24) is 4.72 Å². The van der Waals surface area contributed by atoms with Crippen LogP contribution in [0.4, 0.5) is 5.69 Å². The average molecular weight is 337 g/mol. The fraction of sp³-hybridized carbons (Fsp3) is 0.300. The third kappa shape index (κ3) is 5.30. The highest BCUT2D eigenvalue weighted by Gasteiger charge is 2.18. The van der Waals surface area contributed by atoms with Crippen molar-refractivity contribution in [3.8, 4) is 0 Å². The molecule has 9 nitrogen and oxygen atoms in total. The van der Waals surface area contributed by atoms with Gasteiger partial charge in [-0.25, -0.2) is 31.5 Å². The standard InChI is InChI=1S/C10H15N3O6S2/c11-8-6-7(10(14)15)2-3-9(8)21(18,19)13-4-1-5-20(12,16)17/h2-3,6,13H,1,4-5,11H2,(H,14,15)(H2,12,16,17). The SMILES string of the molecule is Nc1cc(C(=O)O)ccc1S(=O)(=O)NCCCS(N)(=O)=O. The lowest BCUT2D eigenvalue weighted by Crippen LogP contribution is -2.28. The van der Waals surface area contributed by atoms with Crippen molar-refractivity contribution in [3.63, 3.8) is 0 Å². The minimum absolute atomic E-state index is 0.00514. The maximum absolute atomic E-state index is 11.9. The summed E-state index contributed by atoms with van der Waals surface area (Å²) >= 11 is 0. The number of aromatic carboxylic acids is 1. The van der Waals surface area contributed by atoms with Crippen LogP contribution in [-0.4, -0.2) is 40.2 Å². The second kappa shape index (κ2) is 6.39. The molecule has 1 aromatic carbocycles. The van der Waals surface area contributed by atoms with Crippen molar-refractivity contribution in [1.29, 1.82) is 0 Å². The highest BCUT2D eigenvalue weighted by Crippen LogP contribution is 2.19. The number of anilines is 1. The summed E-state index contributed by atoms with van der Waals surface area (Å²) in [6, 6.07) is 3.21. The van der Waals surface area contributed by atoms with Gasteiger partial charge in [-0.2, -0.15) is 0 Å². The van der Waals surface area contributed by atoms with Gasteiger partial charge in [-0.15, -0.1) is 0 Å². The van der Waals surface area contributed by atoms with E-state index in [1.807, 2.05) is 0 Å². The number of hydrogen-bond acceptors (Lipinski definition) is 6. The van der Waals surface area contributed by atoms with E-state index in [9.17, 15) is 21.6 Å². The molecule has 0 saturated heterocycles. The van der Waals surface area contributed by atoms with E-state index < -0.39 is 26.0 Å². The third-order valence-corrected chi connectivity index (χ3v) is 4.84. The fourth-order valence-corrected chi connectivity index (χ4v) is 3.22. The number of primary sulfonamides is 1. The van der Waals surface area contributed by atoms with Gasteiger partial charge in [0.25, 0.3) is 0 Å². The number of benzene rings is 1. The summed E-state index contributed by atoms with van der Waals surface area (Å²) in [4.78, 5) is 10.5. The van der Waals surface area contributed by atoms with Gasteiger partial charge in [0.1, 0.15) is 4.90 Å². The molecule has 1 rings (SSSR count). The first-order chi connectivity index (χ1) is 9.53. The summed E-state index contributed by atoms with van der Waals surface area (Å²) in [5.74, 6) is -1.59. The summed E-state index contributed by atoms with van der Waals surface area (Å²) < 4.78 is 47.5. The zero-order valence-corrected chi connectivity index (χ0v) is 12.4. The van der Waals surface area contributed by atoms with Crippen molar-refractivity contribution < 1.29 is 26.7 Å². The average Bonchev–Trinajstić information content (AvgIpc) is 2.33. The van der Waals surface area contributed by atoms with Crippen LogP contribution in [0.5, 0.6) is 0 Å². The van der Waals surface area contributed by atoms with E-state index in [-0.39, 0.29) is 34.9 Å². The number of rotatable bonds is 7. The van der Waals surface area contributed by atoms with Crippen LogP contribution in [-0.2, 0) is 20.0 Å². The molecule has 0 fully saturated rings. The molecule has 0 spiro atoms. The van der Waals surface area contributed by atoms with Crippen LogP contribution in [0.25, 0.3) is 0 Å². The summed E-state index contributed by atoms with van der Waals surface area (Å²) in [6.07, 6.45) is 0.00514. The molecule has 0 radical (unpaired) electrons. The number of hydrogen-bond donors (Lipinski definition) is 4. The Balaban J connectivity index is 2.81. The molecule has 6 N–H and O–H groups in total. The second-order valence-corrected chi connectivity index (χ2v) is 7.65. The Morgan fingerprint density at radius 1 is 1.24 bits per heavy atom. The number of nitrogen functional groups attached to an aromatic ring is 1. The summed E-state index contributed by atoms with van der Waals surface area (Å²) in [7, 11) is -7.61. The summed E-state index contributed by atoms with van der Waals surface area (Å²) in [5, 5.41) is 13.5. The van der Waals surface area contributed by atoms with E-state index in [4.69, 9.17) is 16.0 Å². The Morgan fingerprint density at radius 3 is 2.33 bits per heavy atom. The van der Waals surface area contributed by atoms with Crippen molar-refractivity contribution in [2.24, 2.45) is 5.14 Å². The Labute approximate surface area is 122 Å². The molecule has 0 heterocycles. The topological polar surface area (TPSA) is 170 Å². The Kier molecular flexibility index (Phi) is 5.28. The first kappa shape index (κ1) is 17.4. The highest BCUT2D eigenvalue weighted by molar-refractivity contribution is 7.89. The van der Waals surface area contributed by atoms with Gasteiger partial charge in [-0.3, -0.25) is 0 Å². The quantitative estimate of drug-likeness (QED) is 0.362. The normalized spacial score (nSPS) is 12.2. The molecular formula is C10H15N3O6S2. The number of carboxylic acids is 1. The molecule has 0 atom stereocenters. The molecule has 0 bridgehead atoms. The van der Waals surface area contributed by atoms with Crippen LogP contribution in [0.2, 0.25) is 0 Å². The van der Waals surface area contributed by atoms with E-state index >= 15 is 0 Å². The monoisotopic (exact) mass is 337 g/mol. The van der Waals surface area contributed by atoms with Crippen molar-refractivity contribution >= 4 is 31.7 Å². The molecule has 11 heteroatoms.